The molecule has 0 aliphatic heterocycles. The summed E-state index contributed by atoms with van der Waals surface area (Å²) in [6.07, 6.45) is 2.22. The van der Waals surface area contributed by atoms with E-state index in [4.69, 9.17) is 0 Å². The van der Waals surface area contributed by atoms with Gasteiger partial charge < -0.3 is 4.40 Å². The average Bonchev–Trinajstić information content (AvgIpc) is 3.16. The average molecular weight is 442 g/mol. The number of pyridine rings is 2. The largest absolute Gasteiger partial charge is 0.307 e. The first-order chi connectivity index (χ1) is 16.4. The number of fused-ring (bicyclic) bond motifs is 7. The van der Waals surface area contributed by atoms with Crippen LogP contribution in [0.15, 0.2) is 60.8 Å². The van der Waals surface area contributed by atoms with Crippen molar-refractivity contribution in [3.05, 3.63) is 83.0 Å². The van der Waals surface area contributed by atoms with E-state index in [1.54, 1.807) is 0 Å². The van der Waals surface area contributed by atoms with Crippen molar-refractivity contribution in [2.45, 2.75) is 40.5 Å². The van der Waals surface area contributed by atoms with Crippen LogP contribution in [0, 0.1) is 20.8 Å². The van der Waals surface area contributed by atoms with Gasteiger partial charge in [0.05, 0.1) is 27.3 Å². The van der Waals surface area contributed by atoms with Crippen LogP contribution in [0.3, 0.4) is 0 Å². The fourth-order valence-electron chi connectivity index (χ4n) is 6.35. The Morgan fingerprint density at radius 1 is 0.706 bits per heavy atom. The molecule has 4 aromatic carbocycles. The maximum Gasteiger partial charge on any atom is 0.224 e. The molecule has 0 aliphatic carbocycles. The molecule has 34 heavy (non-hydrogen) atoms. The summed E-state index contributed by atoms with van der Waals surface area (Å²) in [5, 5.41) is 9.45. The van der Waals surface area contributed by atoms with E-state index in [0.29, 0.717) is 5.92 Å². The van der Waals surface area contributed by atoms with Gasteiger partial charge in [-0.05, 0) is 65.6 Å². The van der Waals surface area contributed by atoms with Crippen LogP contribution in [-0.2, 0) is 7.05 Å². The van der Waals surface area contributed by atoms with Crippen molar-refractivity contribution in [1.82, 2.24) is 4.40 Å². The van der Waals surface area contributed by atoms with Gasteiger partial charge in [0.25, 0.3) is 0 Å². The Bertz CT molecular complexity index is 1970. The number of rotatable bonds is 1. The number of benzene rings is 4. The molecule has 0 amide bonds. The number of aryl methyl sites for hydroxylation is 4. The fourth-order valence-corrected chi connectivity index (χ4v) is 6.35. The highest BCUT2D eigenvalue weighted by Crippen LogP contribution is 2.44. The van der Waals surface area contributed by atoms with Gasteiger partial charge in [-0.3, -0.25) is 0 Å². The van der Waals surface area contributed by atoms with Gasteiger partial charge in [-0.15, -0.1) is 0 Å². The molecule has 0 fully saturated rings. The molecule has 0 radical (unpaired) electrons. The van der Waals surface area contributed by atoms with E-state index >= 15 is 0 Å². The Balaban J connectivity index is 1.93. The van der Waals surface area contributed by atoms with Crippen LogP contribution in [0.1, 0.15) is 42.0 Å². The lowest BCUT2D eigenvalue weighted by atomic mass is 9.92. The number of nitrogens with zero attached hydrogens (tertiary/aromatic N) is 2. The zero-order valence-corrected chi connectivity index (χ0v) is 20.7. The van der Waals surface area contributed by atoms with E-state index < -0.39 is 0 Å². The van der Waals surface area contributed by atoms with Gasteiger partial charge >= 0.3 is 0 Å². The van der Waals surface area contributed by atoms with E-state index in [1.807, 2.05) is 0 Å². The van der Waals surface area contributed by atoms with Gasteiger partial charge in [-0.25, -0.2) is 4.57 Å². The highest BCUT2D eigenvalue weighted by Gasteiger charge is 2.26. The second-order valence-electron chi connectivity index (χ2n) is 10.5. The van der Waals surface area contributed by atoms with Gasteiger partial charge in [-0.2, -0.15) is 0 Å². The smallest absolute Gasteiger partial charge is 0.224 e. The van der Waals surface area contributed by atoms with E-state index in [1.165, 1.54) is 82.0 Å². The van der Waals surface area contributed by atoms with Crippen LogP contribution >= 0.6 is 0 Å². The van der Waals surface area contributed by atoms with Crippen molar-refractivity contribution >= 4 is 59.8 Å². The summed E-state index contributed by atoms with van der Waals surface area (Å²) in [5.41, 5.74) is 10.8. The number of aromatic nitrogens is 2. The quantitative estimate of drug-likeness (QED) is 0.138. The Morgan fingerprint density at radius 3 is 2.26 bits per heavy atom. The molecule has 0 N–H and O–H groups in total. The lowest BCUT2D eigenvalue weighted by Gasteiger charge is -2.17. The summed E-state index contributed by atoms with van der Waals surface area (Å²) in [7, 11) is 2.20. The van der Waals surface area contributed by atoms with Crippen molar-refractivity contribution < 1.29 is 4.57 Å². The van der Waals surface area contributed by atoms with Crippen LogP contribution < -0.4 is 4.57 Å². The monoisotopic (exact) mass is 441 g/mol. The van der Waals surface area contributed by atoms with Crippen LogP contribution in [0.25, 0.3) is 59.8 Å². The molecule has 0 atom stereocenters. The van der Waals surface area contributed by atoms with Crippen LogP contribution in [0.2, 0.25) is 0 Å². The first kappa shape index (κ1) is 19.8. The molecule has 7 aromatic rings. The van der Waals surface area contributed by atoms with Crippen molar-refractivity contribution in [3.63, 3.8) is 0 Å². The van der Waals surface area contributed by atoms with Crippen molar-refractivity contribution in [3.8, 4) is 0 Å². The minimum atomic E-state index is 0.491. The molecular formula is C32H29N2+. The van der Waals surface area contributed by atoms with Crippen molar-refractivity contribution in [1.29, 1.82) is 0 Å². The summed E-state index contributed by atoms with van der Waals surface area (Å²) in [6.45, 7) is 11.4. The normalized spacial score (nSPS) is 12.7. The highest BCUT2D eigenvalue weighted by molar-refractivity contribution is 6.28. The van der Waals surface area contributed by atoms with Gasteiger partial charge in [0.1, 0.15) is 7.05 Å². The van der Waals surface area contributed by atoms with Gasteiger partial charge in [-0.1, -0.05) is 61.9 Å². The van der Waals surface area contributed by atoms with E-state index in [2.05, 4.69) is 111 Å². The van der Waals surface area contributed by atoms with Gasteiger partial charge in [0.15, 0.2) is 6.20 Å². The Labute approximate surface area is 199 Å². The zero-order chi connectivity index (χ0) is 23.5. The Hall–Kier alpha value is -3.65. The van der Waals surface area contributed by atoms with Crippen LogP contribution in [-0.4, -0.2) is 4.40 Å². The summed E-state index contributed by atoms with van der Waals surface area (Å²) < 4.78 is 4.91. The van der Waals surface area contributed by atoms with Gasteiger partial charge in [0, 0.05) is 16.8 Å². The maximum absolute atomic E-state index is 2.59. The zero-order valence-electron chi connectivity index (χ0n) is 20.7. The van der Waals surface area contributed by atoms with E-state index in [9.17, 15) is 0 Å². The third-order valence-corrected chi connectivity index (χ3v) is 8.13. The molecule has 0 bridgehead atoms. The summed E-state index contributed by atoms with van der Waals surface area (Å²) in [6, 6.07) is 20.9. The summed E-state index contributed by atoms with van der Waals surface area (Å²) >= 11 is 0. The van der Waals surface area contributed by atoms with Gasteiger partial charge in [0.2, 0.25) is 5.52 Å². The molecule has 2 heteroatoms. The summed E-state index contributed by atoms with van der Waals surface area (Å²) in [4.78, 5) is 0. The molecule has 166 valence electrons. The van der Waals surface area contributed by atoms with Crippen LogP contribution in [0.5, 0.6) is 0 Å². The fraction of sp³-hybridized carbons (Fsp3) is 0.219. The topological polar surface area (TPSA) is 8.29 Å². The number of hydrogen-bond acceptors (Lipinski definition) is 0. The predicted octanol–water partition coefficient (Wildman–Crippen LogP) is 8.02. The Kier molecular flexibility index (Phi) is 3.77. The first-order valence-electron chi connectivity index (χ1n) is 12.3. The standard InChI is InChI=1S/C32H29N2/c1-17(2)22-9-11-24-25-12-8-21-13-14-33(6)32-28-19(4)26-15-18(3)7-10-23(26)20(5)30(28)34(27(24)16-22)31(25)29(21)32/h7-17H,1-6H3/q+1. The van der Waals surface area contributed by atoms with Crippen LogP contribution in [0.4, 0.5) is 0 Å². The molecule has 0 saturated heterocycles. The molecule has 0 saturated carbocycles. The third-order valence-electron chi connectivity index (χ3n) is 8.13. The second kappa shape index (κ2) is 6.48. The lowest BCUT2D eigenvalue weighted by Crippen LogP contribution is -2.29. The molecular weight excluding hydrogens is 412 g/mol. The highest BCUT2D eigenvalue weighted by atomic mass is 15.0. The third kappa shape index (κ3) is 2.28. The van der Waals surface area contributed by atoms with Crippen molar-refractivity contribution in [2.24, 2.45) is 7.05 Å². The van der Waals surface area contributed by atoms with E-state index in [-0.39, 0.29) is 0 Å². The lowest BCUT2D eigenvalue weighted by molar-refractivity contribution is -0.643. The molecule has 3 aromatic heterocycles. The van der Waals surface area contributed by atoms with Crippen molar-refractivity contribution in [2.75, 3.05) is 0 Å². The van der Waals surface area contributed by atoms with E-state index in [0.717, 1.165) is 0 Å². The molecule has 0 aliphatic rings. The SMILES string of the molecule is Cc1ccc2c(C)c3c(c(C)c2c1)c1c2c(ccc4c5ccc(C(C)C)cc5n3c42)cc[n+]1C. The predicted molar refractivity (Wildman–Crippen MR) is 146 cm³/mol. The number of hydrogen-bond donors (Lipinski definition) is 0. The minimum absolute atomic E-state index is 0.491. The molecule has 7 rings (SSSR count). The first-order valence-corrected chi connectivity index (χ1v) is 12.3. The molecule has 2 nitrogen and oxygen atoms in total. The Morgan fingerprint density at radius 2 is 1.47 bits per heavy atom. The molecule has 3 heterocycles. The maximum atomic E-state index is 2.59. The molecule has 0 spiro atoms. The minimum Gasteiger partial charge on any atom is -0.307 e. The second-order valence-corrected chi connectivity index (χ2v) is 10.5. The molecule has 0 unspecified atom stereocenters. The summed E-state index contributed by atoms with van der Waals surface area (Å²) in [5.74, 6) is 0.491.